The van der Waals surface area contributed by atoms with Crippen LogP contribution < -0.4 is 4.72 Å². The van der Waals surface area contributed by atoms with E-state index in [0.29, 0.717) is 5.56 Å². The molecule has 3 aromatic rings. The second kappa shape index (κ2) is 14.2. The number of benzene rings is 3. The monoisotopic (exact) mass is 496 g/mol. The molecular formula is C27H30F2N4OS. The average molecular weight is 497 g/mol. The first-order chi connectivity index (χ1) is 17.1. The predicted octanol–water partition coefficient (Wildman–Crippen LogP) is 6.22. The first-order valence-electron chi connectivity index (χ1n) is 11.4. The van der Waals surface area contributed by atoms with Crippen molar-refractivity contribution in [3.8, 4) is 0 Å². The molecule has 0 bridgehead atoms. The van der Waals surface area contributed by atoms with Crippen LogP contribution in [0, 0.1) is 0 Å². The molecule has 0 spiro atoms. The molecule has 1 aliphatic rings. The van der Waals surface area contributed by atoms with Crippen molar-refractivity contribution in [1.29, 1.82) is 0 Å². The maximum atomic E-state index is 12.3. The Morgan fingerprint density at radius 3 is 2.14 bits per heavy atom. The standard InChI is InChI=1S/C21H23F2N3O.C6H7NS/c1-24-25-21(27-15-20(22)23)17-10-8-16(9-11-17)5-4-12-26-13-18-6-2-3-7-19(18)14-26;8-7-6-4-2-1-3-5-6/h2-3,6-11,20H,1,4-5,12-15H2;1-5,7-8H/b25-21-;. The molecular weight excluding hydrogens is 466 g/mol. The molecule has 0 radical (unpaired) electrons. The van der Waals surface area contributed by atoms with E-state index in [1.54, 1.807) is 0 Å². The lowest BCUT2D eigenvalue weighted by Gasteiger charge is -2.14. The van der Waals surface area contributed by atoms with Crippen LogP contribution >= 0.6 is 12.8 Å². The molecule has 0 saturated heterocycles. The molecule has 0 aromatic heterocycles. The molecule has 3 aromatic carbocycles. The Bertz CT molecular complexity index is 1050. The number of nitrogens with one attached hydrogen (secondary N) is 1. The normalized spacial score (nSPS) is 13.1. The van der Waals surface area contributed by atoms with E-state index >= 15 is 0 Å². The third-order valence-corrected chi connectivity index (χ3v) is 5.72. The highest BCUT2D eigenvalue weighted by molar-refractivity contribution is 7.81. The fourth-order valence-electron chi connectivity index (χ4n) is 3.77. The van der Waals surface area contributed by atoms with Gasteiger partial charge in [-0.05, 0) is 60.3 Å². The van der Waals surface area contributed by atoms with Gasteiger partial charge < -0.3 is 9.46 Å². The third kappa shape index (κ3) is 8.81. The molecule has 35 heavy (non-hydrogen) atoms. The Morgan fingerprint density at radius 2 is 1.60 bits per heavy atom. The fraction of sp³-hybridized carbons (Fsp3) is 0.259. The molecule has 1 aliphatic heterocycles. The number of hydrogen-bond acceptors (Lipinski definition) is 6. The lowest BCUT2D eigenvalue weighted by Crippen LogP contribution is -2.18. The Morgan fingerprint density at radius 1 is 0.971 bits per heavy atom. The lowest BCUT2D eigenvalue weighted by molar-refractivity contribution is 0.0765. The average Bonchev–Trinajstić information content (AvgIpc) is 3.31. The van der Waals surface area contributed by atoms with Crippen molar-refractivity contribution in [2.45, 2.75) is 32.4 Å². The summed E-state index contributed by atoms with van der Waals surface area (Å²) < 4.78 is 32.4. The first-order valence-corrected chi connectivity index (χ1v) is 11.8. The van der Waals surface area contributed by atoms with E-state index < -0.39 is 13.0 Å². The highest BCUT2D eigenvalue weighted by Crippen LogP contribution is 2.22. The molecule has 0 fully saturated rings. The van der Waals surface area contributed by atoms with Gasteiger partial charge in [-0.15, -0.1) is 5.10 Å². The smallest absolute Gasteiger partial charge is 0.272 e. The topological polar surface area (TPSA) is 49.2 Å². The predicted molar refractivity (Wildman–Crippen MR) is 142 cm³/mol. The van der Waals surface area contributed by atoms with E-state index in [2.05, 4.69) is 63.6 Å². The quantitative estimate of drug-likeness (QED) is 0.160. The van der Waals surface area contributed by atoms with Crippen LogP contribution in [0.1, 0.15) is 28.7 Å². The van der Waals surface area contributed by atoms with Crippen LogP contribution in [-0.4, -0.2) is 37.1 Å². The van der Waals surface area contributed by atoms with Gasteiger partial charge in [0.05, 0.1) is 0 Å². The van der Waals surface area contributed by atoms with Gasteiger partial charge in [0.25, 0.3) is 6.43 Å². The number of para-hydroxylation sites is 1. The Kier molecular flexibility index (Phi) is 10.7. The highest BCUT2D eigenvalue weighted by Gasteiger charge is 2.17. The molecule has 0 aliphatic carbocycles. The summed E-state index contributed by atoms with van der Waals surface area (Å²) in [6.45, 7) is 5.62. The number of thiol groups is 1. The van der Waals surface area contributed by atoms with E-state index in [1.165, 1.54) is 16.7 Å². The number of rotatable bonds is 9. The van der Waals surface area contributed by atoms with Crippen molar-refractivity contribution in [3.63, 3.8) is 0 Å². The summed E-state index contributed by atoms with van der Waals surface area (Å²) in [6, 6.07) is 25.9. The zero-order valence-electron chi connectivity index (χ0n) is 19.5. The van der Waals surface area contributed by atoms with E-state index in [4.69, 9.17) is 4.74 Å². The van der Waals surface area contributed by atoms with Crippen LogP contribution in [0.15, 0.2) is 89.1 Å². The molecule has 4 rings (SSSR count). The van der Waals surface area contributed by atoms with Gasteiger partial charge in [0.15, 0.2) is 6.61 Å². The van der Waals surface area contributed by atoms with Gasteiger partial charge in [-0.3, -0.25) is 4.90 Å². The van der Waals surface area contributed by atoms with Crippen LogP contribution in [0.4, 0.5) is 14.5 Å². The minimum atomic E-state index is -2.56. The van der Waals surface area contributed by atoms with E-state index in [9.17, 15) is 8.78 Å². The summed E-state index contributed by atoms with van der Waals surface area (Å²) in [6.07, 6.45) is -0.544. The van der Waals surface area contributed by atoms with Gasteiger partial charge >= 0.3 is 0 Å². The number of hydrogen-bond donors (Lipinski definition) is 2. The molecule has 0 atom stereocenters. The van der Waals surface area contributed by atoms with Crippen molar-refractivity contribution >= 4 is 31.1 Å². The van der Waals surface area contributed by atoms with E-state index in [0.717, 1.165) is 38.2 Å². The summed E-state index contributed by atoms with van der Waals surface area (Å²) in [5.74, 6) is 0.0617. The van der Waals surface area contributed by atoms with Gasteiger partial charge in [-0.2, -0.15) is 5.10 Å². The van der Waals surface area contributed by atoms with Gasteiger partial charge in [0.2, 0.25) is 5.90 Å². The zero-order chi connectivity index (χ0) is 24.9. The summed E-state index contributed by atoms with van der Waals surface area (Å²) in [5.41, 5.74) is 5.68. The Hall–Kier alpha value is -3.23. The molecule has 0 unspecified atom stereocenters. The van der Waals surface area contributed by atoms with Gasteiger partial charge in [0, 0.05) is 31.1 Å². The van der Waals surface area contributed by atoms with Crippen LogP contribution in [0.2, 0.25) is 0 Å². The highest BCUT2D eigenvalue weighted by atomic mass is 32.1. The van der Waals surface area contributed by atoms with E-state index in [1.807, 2.05) is 54.6 Å². The second-order valence-electron chi connectivity index (χ2n) is 8.01. The van der Waals surface area contributed by atoms with Crippen molar-refractivity contribution in [2.75, 3.05) is 17.9 Å². The first kappa shape index (κ1) is 26.4. The Balaban J connectivity index is 0.000000363. The SMILES string of the molecule is C=N/N=C(\OCC(F)F)c1ccc(CCCN2Cc3ccccc3C2)cc1.SNc1ccccc1. The number of alkyl halides is 2. The largest absolute Gasteiger partial charge is 0.470 e. The second-order valence-corrected chi connectivity index (χ2v) is 8.23. The number of aryl methyl sites for hydroxylation is 1. The van der Waals surface area contributed by atoms with Crippen molar-refractivity contribution in [2.24, 2.45) is 10.2 Å². The van der Waals surface area contributed by atoms with E-state index in [-0.39, 0.29) is 5.90 Å². The molecule has 1 heterocycles. The summed E-state index contributed by atoms with van der Waals surface area (Å²) in [5, 5.41) is 7.08. The van der Waals surface area contributed by atoms with Gasteiger partial charge in [-0.1, -0.05) is 67.4 Å². The number of nitrogens with zero attached hydrogens (tertiary/aromatic N) is 3. The molecule has 184 valence electrons. The third-order valence-electron chi connectivity index (χ3n) is 5.46. The van der Waals surface area contributed by atoms with Crippen LogP contribution in [0.5, 0.6) is 0 Å². The van der Waals surface area contributed by atoms with Gasteiger partial charge in [0.1, 0.15) is 0 Å². The van der Waals surface area contributed by atoms with Crippen LogP contribution in [-0.2, 0) is 24.2 Å². The number of halogens is 2. The summed E-state index contributed by atoms with van der Waals surface area (Å²) >= 11 is 3.86. The molecule has 1 N–H and O–H groups in total. The lowest BCUT2D eigenvalue weighted by atomic mass is 10.1. The maximum absolute atomic E-state index is 12.3. The fourth-order valence-corrected chi connectivity index (χ4v) is 3.92. The number of ether oxygens (including phenoxy) is 1. The molecule has 8 heteroatoms. The van der Waals surface area contributed by atoms with Crippen molar-refractivity contribution in [1.82, 2.24) is 4.90 Å². The molecule has 0 amide bonds. The summed E-state index contributed by atoms with van der Waals surface area (Å²) in [4.78, 5) is 2.46. The summed E-state index contributed by atoms with van der Waals surface area (Å²) in [7, 11) is 0. The van der Waals surface area contributed by atoms with Gasteiger partial charge in [-0.25, -0.2) is 8.78 Å². The molecule has 5 nitrogen and oxygen atoms in total. The maximum Gasteiger partial charge on any atom is 0.272 e. The van der Waals surface area contributed by atoms with Crippen molar-refractivity contribution < 1.29 is 13.5 Å². The van der Waals surface area contributed by atoms with Crippen LogP contribution in [0.3, 0.4) is 0 Å². The zero-order valence-corrected chi connectivity index (χ0v) is 20.4. The van der Waals surface area contributed by atoms with Crippen molar-refractivity contribution in [3.05, 3.63) is 101 Å². The minimum absolute atomic E-state index is 0.0617. The molecule has 0 saturated carbocycles. The Labute approximate surface area is 211 Å². The minimum Gasteiger partial charge on any atom is -0.470 e. The number of anilines is 1. The number of fused-ring (bicyclic) bond motifs is 1. The van der Waals surface area contributed by atoms with Crippen LogP contribution in [0.25, 0.3) is 0 Å².